The Bertz CT molecular complexity index is 5370. The average Bonchev–Trinajstić information content (AvgIpc) is 0.918. The first kappa shape index (κ1) is 49.7. The summed E-state index contributed by atoms with van der Waals surface area (Å²) < 4.78 is 15.0. The summed E-state index contributed by atoms with van der Waals surface area (Å²) in [6, 6.07) is 114. The van der Waals surface area contributed by atoms with Crippen molar-refractivity contribution in [3.05, 3.63) is 315 Å². The van der Waals surface area contributed by atoms with E-state index in [2.05, 4.69) is 325 Å². The van der Waals surface area contributed by atoms with E-state index < -0.39 is 0 Å². The molecule has 0 fully saturated rings. The molecule has 18 rings (SSSR count). The Morgan fingerprint density at radius 3 is 0.898 bits per heavy atom. The molecular weight excluding hydrogens is 1070 g/mol. The van der Waals surface area contributed by atoms with Crippen LogP contribution >= 0.6 is 0 Å². The summed E-state index contributed by atoms with van der Waals surface area (Å²) in [6.07, 6.45) is 0. The van der Waals surface area contributed by atoms with E-state index in [1.54, 1.807) is 0 Å². The molecule has 0 saturated heterocycles. The second-order valence-corrected chi connectivity index (χ2v) is 23.0. The molecule has 0 N–H and O–H groups in total. The minimum absolute atomic E-state index is 0.817. The van der Waals surface area contributed by atoms with Crippen LogP contribution < -0.4 is 9.80 Å². The van der Waals surface area contributed by atoms with Crippen LogP contribution in [-0.4, -0.2) is 0 Å². The van der Waals surface area contributed by atoms with E-state index >= 15 is 0 Å². The van der Waals surface area contributed by atoms with Crippen LogP contribution in [0.1, 0.15) is 0 Å². The van der Waals surface area contributed by atoms with E-state index in [9.17, 15) is 0 Å². The van der Waals surface area contributed by atoms with Gasteiger partial charge >= 0.3 is 0 Å². The molecule has 18 aromatic rings. The predicted octanol–water partition coefficient (Wildman–Crippen LogP) is 24.3. The van der Waals surface area contributed by atoms with Gasteiger partial charge in [-0.05, 0) is 126 Å². The van der Waals surface area contributed by atoms with Gasteiger partial charge in [-0.1, -0.05) is 255 Å². The highest BCUT2D eigenvalue weighted by Crippen LogP contribution is 2.55. The molecular formula is C84H52N2O2. The minimum atomic E-state index is 0.817. The second-order valence-electron chi connectivity index (χ2n) is 23.0. The van der Waals surface area contributed by atoms with Crippen molar-refractivity contribution < 1.29 is 8.83 Å². The first-order valence-corrected chi connectivity index (χ1v) is 30.1. The fourth-order valence-electron chi connectivity index (χ4n) is 14.3. The Balaban J connectivity index is 0.960. The Kier molecular flexibility index (Phi) is 11.3. The lowest BCUT2D eigenvalue weighted by Crippen LogP contribution is -2.12. The molecule has 410 valence electrons. The van der Waals surface area contributed by atoms with Gasteiger partial charge in [0.25, 0.3) is 0 Å². The highest BCUT2D eigenvalue weighted by Gasteiger charge is 2.30. The number of furan rings is 2. The molecule has 0 bridgehead atoms. The molecule has 88 heavy (non-hydrogen) atoms. The molecule has 0 unspecified atom stereocenters. The van der Waals surface area contributed by atoms with Crippen LogP contribution in [0.4, 0.5) is 34.1 Å². The summed E-state index contributed by atoms with van der Waals surface area (Å²) in [4.78, 5) is 4.89. The van der Waals surface area contributed by atoms with Gasteiger partial charge in [-0.25, -0.2) is 0 Å². The standard InChI is InChI=1S/C84H52N2O2/c1-7-25-53(26-8-1)69-51-75(85(59-35-15-5-16-36-59)73-43-23-41-67-79-61-39-21-19-33-57(61)49-71(83(79)87-81(67)73)55-29-11-3-12-30-55)65-48-46-64-70(54-27-9-2-10-28-54)52-76(66-47-45-63(69)77(65)78(64)66)86(60-37-17-6-18-38-60)74-44-24-42-68-80-62-40-22-20-34-58(62)50-72(84(80)88-82(68)74)56-31-13-4-14-32-56/h1-52H. The lowest BCUT2D eigenvalue weighted by atomic mass is 9.85. The number of para-hydroxylation sites is 4. The van der Waals surface area contributed by atoms with Gasteiger partial charge in [0.1, 0.15) is 11.2 Å². The van der Waals surface area contributed by atoms with Gasteiger partial charge < -0.3 is 18.6 Å². The SMILES string of the molecule is c1ccc(-c2cc(N(c3ccccc3)c3cccc4c3oc3c(-c5ccccc5)cc5ccccc5c34)c3ccc4c(-c5ccccc5)cc(N(c5ccccc5)c5cccc6c5oc5c(-c7ccccc7)cc7ccccc7c56)c5ccc2c3c45)cc1. The monoisotopic (exact) mass is 1120 g/mol. The maximum absolute atomic E-state index is 7.48. The third-order valence-electron chi connectivity index (χ3n) is 18.1. The third kappa shape index (κ3) is 7.65. The van der Waals surface area contributed by atoms with Crippen molar-refractivity contribution >= 4 is 132 Å². The largest absolute Gasteiger partial charge is 0.453 e. The molecule has 0 spiro atoms. The summed E-state index contributed by atoms with van der Waals surface area (Å²) in [5.74, 6) is 0. The normalized spacial score (nSPS) is 11.9. The zero-order valence-electron chi connectivity index (χ0n) is 47.7. The van der Waals surface area contributed by atoms with Crippen molar-refractivity contribution in [1.29, 1.82) is 0 Å². The van der Waals surface area contributed by atoms with E-state index in [-0.39, 0.29) is 0 Å². The van der Waals surface area contributed by atoms with Crippen molar-refractivity contribution in [2.75, 3.05) is 9.80 Å². The molecule has 0 atom stereocenters. The van der Waals surface area contributed by atoms with Gasteiger partial charge in [-0.3, -0.25) is 0 Å². The number of benzene rings is 16. The maximum atomic E-state index is 7.48. The molecule has 0 aliphatic carbocycles. The highest BCUT2D eigenvalue weighted by molar-refractivity contribution is 6.34. The molecule has 4 nitrogen and oxygen atoms in total. The van der Waals surface area contributed by atoms with Gasteiger partial charge in [0, 0.05) is 65.6 Å². The van der Waals surface area contributed by atoms with Gasteiger partial charge in [-0.15, -0.1) is 0 Å². The Morgan fingerprint density at radius 1 is 0.193 bits per heavy atom. The number of nitrogens with zero attached hydrogens (tertiary/aromatic N) is 2. The van der Waals surface area contributed by atoms with Gasteiger partial charge in [0.05, 0.1) is 22.7 Å². The molecule has 2 heterocycles. The van der Waals surface area contributed by atoms with Crippen LogP contribution in [0, 0.1) is 0 Å². The fourth-order valence-corrected chi connectivity index (χ4v) is 14.3. The third-order valence-corrected chi connectivity index (χ3v) is 18.1. The van der Waals surface area contributed by atoms with E-state index in [1.807, 2.05) is 0 Å². The number of fused-ring (bicyclic) bond motifs is 10. The summed E-state index contributed by atoms with van der Waals surface area (Å²) in [5, 5.41) is 15.9. The highest BCUT2D eigenvalue weighted by atomic mass is 16.3. The van der Waals surface area contributed by atoms with Crippen LogP contribution in [0.2, 0.25) is 0 Å². The summed E-state index contributed by atoms with van der Waals surface area (Å²) >= 11 is 0. The van der Waals surface area contributed by atoms with Gasteiger partial charge in [-0.2, -0.15) is 0 Å². The van der Waals surface area contributed by atoms with E-state index in [0.29, 0.717) is 0 Å². The van der Waals surface area contributed by atoms with E-state index in [1.165, 1.54) is 32.3 Å². The number of hydrogen-bond donors (Lipinski definition) is 0. The van der Waals surface area contributed by atoms with Crippen LogP contribution in [0.3, 0.4) is 0 Å². The van der Waals surface area contributed by atoms with Crippen LogP contribution in [-0.2, 0) is 0 Å². The van der Waals surface area contributed by atoms with E-state index in [0.717, 1.165) is 144 Å². The smallest absolute Gasteiger partial charge is 0.159 e. The predicted molar refractivity (Wildman–Crippen MR) is 371 cm³/mol. The lowest BCUT2D eigenvalue weighted by Gasteiger charge is -2.31. The molecule has 0 radical (unpaired) electrons. The van der Waals surface area contributed by atoms with E-state index in [4.69, 9.17) is 8.83 Å². The minimum Gasteiger partial charge on any atom is -0.453 e. The first-order valence-electron chi connectivity index (χ1n) is 30.1. The van der Waals surface area contributed by atoms with Gasteiger partial charge in [0.2, 0.25) is 0 Å². The van der Waals surface area contributed by atoms with Crippen molar-refractivity contribution in [3.8, 4) is 44.5 Å². The number of rotatable bonds is 10. The zero-order chi connectivity index (χ0) is 57.8. The molecule has 0 aliphatic rings. The second kappa shape index (κ2) is 20.0. The van der Waals surface area contributed by atoms with Crippen molar-refractivity contribution in [1.82, 2.24) is 0 Å². The summed E-state index contributed by atoms with van der Waals surface area (Å²) in [5.41, 5.74) is 18.2. The molecule has 4 heteroatoms. The first-order chi connectivity index (χ1) is 43.7. The van der Waals surface area contributed by atoms with Crippen LogP contribution in [0.25, 0.3) is 142 Å². The van der Waals surface area contributed by atoms with Crippen LogP contribution in [0.5, 0.6) is 0 Å². The van der Waals surface area contributed by atoms with Crippen molar-refractivity contribution in [3.63, 3.8) is 0 Å². The maximum Gasteiger partial charge on any atom is 0.159 e. The fraction of sp³-hybridized carbons (Fsp3) is 0. The van der Waals surface area contributed by atoms with Gasteiger partial charge in [0.15, 0.2) is 11.2 Å². The molecule has 0 saturated carbocycles. The zero-order valence-corrected chi connectivity index (χ0v) is 47.7. The molecule has 0 amide bonds. The molecule has 16 aromatic carbocycles. The summed E-state index contributed by atoms with van der Waals surface area (Å²) in [7, 11) is 0. The topological polar surface area (TPSA) is 32.8 Å². The average molecular weight is 1120 g/mol. The van der Waals surface area contributed by atoms with Crippen molar-refractivity contribution in [2.24, 2.45) is 0 Å². The Morgan fingerprint density at radius 2 is 0.511 bits per heavy atom. The molecule has 2 aromatic heterocycles. The summed E-state index contributed by atoms with van der Waals surface area (Å²) in [6.45, 7) is 0. The number of hydrogen-bond acceptors (Lipinski definition) is 4. The Hall–Kier alpha value is -11.7. The number of anilines is 6. The Labute approximate surface area is 507 Å². The van der Waals surface area contributed by atoms with Crippen LogP contribution in [0.15, 0.2) is 324 Å². The van der Waals surface area contributed by atoms with Crippen molar-refractivity contribution in [2.45, 2.75) is 0 Å². The molecule has 0 aliphatic heterocycles. The lowest BCUT2D eigenvalue weighted by molar-refractivity contribution is 0.670. The quantitative estimate of drug-likeness (QED) is 0.128.